The maximum absolute atomic E-state index is 13.3. The Labute approximate surface area is 96.8 Å². The van der Waals surface area contributed by atoms with Crippen molar-refractivity contribution in [3.8, 4) is 0 Å². The van der Waals surface area contributed by atoms with Crippen molar-refractivity contribution in [2.24, 2.45) is 5.73 Å². The van der Waals surface area contributed by atoms with Crippen molar-refractivity contribution in [3.63, 3.8) is 0 Å². The second-order valence-corrected chi connectivity index (χ2v) is 4.36. The lowest BCUT2D eigenvalue weighted by Gasteiger charge is -2.29. The van der Waals surface area contributed by atoms with Crippen LogP contribution in [0.1, 0.15) is 42.1 Å². The maximum Gasteiger partial charge on any atom is 0.254 e. The molecule has 1 amide bonds. The third-order valence-corrected chi connectivity index (χ3v) is 3.06. The molecule has 1 atom stereocenters. The molecule has 5 nitrogen and oxygen atoms in total. The predicted molar refractivity (Wildman–Crippen MR) is 57.6 cm³/mol. The quantitative estimate of drug-likeness (QED) is 0.822. The van der Waals surface area contributed by atoms with Crippen molar-refractivity contribution in [1.82, 2.24) is 9.78 Å². The van der Waals surface area contributed by atoms with Gasteiger partial charge >= 0.3 is 0 Å². The summed E-state index contributed by atoms with van der Waals surface area (Å²) in [4.78, 5) is 11.0. The molecule has 1 unspecified atom stereocenters. The maximum atomic E-state index is 13.3. The van der Waals surface area contributed by atoms with Gasteiger partial charge in [-0.05, 0) is 12.8 Å². The fourth-order valence-corrected chi connectivity index (χ4v) is 2.21. The molecule has 1 saturated carbocycles. The van der Waals surface area contributed by atoms with E-state index in [0.29, 0.717) is 12.8 Å². The molecular formula is C10H14F2N4O. The first kappa shape index (κ1) is 11.8. The zero-order valence-corrected chi connectivity index (χ0v) is 9.20. The van der Waals surface area contributed by atoms with Crippen LogP contribution in [0.3, 0.4) is 0 Å². The topological polar surface area (TPSA) is 86.9 Å². The van der Waals surface area contributed by atoms with E-state index in [1.54, 1.807) is 0 Å². The van der Waals surface area contributed by atoms with Gasteiger partial charge in [0.05, 0.1) is 12.2 Å². The number of nitrogen functional groups attached to an aromatic ring is 1. The molecule has 1 heterocycles. The normalized spacial score (nSPS) is 23.5. The van der Waals surface area contributed by atoms with Crippen LogP contribution in [-0.2, 0) is 0 Å². The number of primary amides is 1. The van der Waals surface area contributed by atoms with Gasteiger partial charge in [-0.15, -0.1) is 0 Å². The van der Waals surface area contributed by atoms with Crippen LogP contribution < -0.4 is 11.5 Å². The van der Waals surface area contributed by atoms with Crippen LogP contribution in [0.4, 0.5) is 14.6 Å². The Morgan fingerprint density at radius 3 is 2.82 bits per heavy atom. The molecule has 2 rings (SSSR count). The molecule has 0 spiro atoms. The summed E-state index contributed by atoms with van der Waals surface area (Å²) in [7, 11) is 0. The highest BCUT2D eigenvalue weighted by Crippen LogP contribution is 2.39. The van der Waals surface area contributed by atoms with Crippen molar-refractivity contribution in [2.75, 3.05) is 5.73 Å². The number of carbonyl (C=O) groups excluding carboxylic acids is 1. The van der Waals surface area contributed by atoms with E-state index in [-0.39, 0.29) is 24.2 Å². The van der Waals surface area contributed by atoms with Crippen molar-refractivity contribution in [1.29, 1.82) is 0 Å². The number of anilines is 1. The lowest BCUT2D eigenvalue weighted by molar-refractivity contribution is -0.0508. The van der Waals surface area contributed by atoms with Crippen molar-refractivity contribution in [3.05, 3.63) is 11.8 Å². The number of rotatable bonds is 2. The number of carbonyl (C=O) groups is 1. The Morgan fingerprint density at radius 1 is 1.59 bits per heavy atom. The Balaban J connectivity index is 2.25. The minimum atomic E-state index is -2.69. The predicted octanol–water partition coefficient (Wildman–Crippen LogP) is 1.31. The molecule has 4 N–H and O–H groups in total. The molecule has 1 aromatic heterocycles. The number of nitrogens with zero attached hydrogens (tertiary/aromatic N) is 2. The Bertz CT molecular complexity index is 444. The minimum Gasteiger partial charge on any atom is -0.383 e. The molecule has 1 fully saturated rings. The second kappa shape index (κ2) is 3.97. The van der Waals surface area contributed by atoms with Crippen LogP contribution in [-0.4, -0.2) is 21.6 Å². The number of nitrogens with two attached hydrogens (primary N) is 2. The Morgan fingerprint density at radius 2 is 2.29 bits per heavy atom. The van der Waals surface area contributed by atoms with E-state index in [2.05, 4.69) is 5.10 Å². The standard InChI is InChI=1S/C10H14F2N4O/c11-10(12)3-1-2-6(4-10)16-8(13)7(5-15-16)9(14)17/h5-6H,1-4,13H2,(H2,14,17). The first-order valence-corrected chi connectivity index (χ1v) is 5.41. The Hall–Kier alpha value is -1.66. The van der Waals surface area contributed by atoms with Gasteiger partial charge in [0.15, 0.2) is 0 Å². The van der Waals surface area contributed by atoms with Crippen LogP contribution in [0.25, 0.3) is 0 Å². The second-order valence-electron chi connectivity index (χ2n) is 4.36. The lowest BCUT2D eigenvalue weighted by Crippen LogP contribution is -2.29. The van der Waals surface area contributed by atoms with E-state index < -0.39 is 17.9 Å². The van der Waals surface area contributed by atoms with E-state index in [9.17, 15) is 13.6 Å². The molecule has 94 valence electrons. The average molecular weight is 244 g/mol. The molecule has 1 aliphatic rings. The number of hydrogen-bond donors (Lipinski definition) is 2. The van der Waals surface area contributed by atoms with E-state index in [0.717, 1.165) is 0 Å². The molecular weight excluding hydrogens is 230 g/mol. The molecule has 7 heteroatoms. The third kappa shape index (κ3) is 2.22. The molecule has 1 aliphatic carbocycles. The lowest BCUT2D eigenvalue weighted by atomic mass is 9.92. The fourth-order valence-electron chi connectivity index (χ4n) is 2.21. The van der Waals surface area contributed by atoms with Crippen molar-refractivity contribution in [2.45, 2.75) is 37.6 Å². The van der Waals surface area contributed by atoms with Crippen molar-refractivity contribution < 1.29 is 13.6 Å². The summed E-state index contributed by atoms with van der Waals surface area (Å²) in [5.74, 6) is -3.31. The van der Waals surface area contributed by atoms with Gasteiger partial charge in [-0.2, -0.15) is 5.10 Å². The van der Waals surface area contributed by atoms with Crippen LogP contribution in [0.15, 0.2) is 6.20 Å². The molecule has 0 aliphatic heterocycles. The molecule has 1 aromatic rings. The molecule has 0 aromatic carbocycles. The summed E-state index contributed by atoms with van der Waals surface area (Å²) in [6.07, 6.45) is 1.83. The van der Waals surface area contributed by atoms with Gasteiger partial charge < -0.3 is 11.5 Å². The van der Waals surface area contributed by atoms with Crippen LogP contribution >= 0.6 is 0 Å². The van der Waals surface area contributed by atoms with Gasteiger partial charge in [-0.3, -0.25) is 4.79 Å². The summed E-state index contributed by atoms with van der Waals surface area (Å²) in [5, 5.41) is 3.88. The highest BCUT2D eigenvalue weighted by atomic mass is 19.3. The number of halogens is 2. The zero-order chi connectivity index (χ0) is 12.6. The number of alkyl halides is 2. The first-order chi connectivity index (χ1) is 7.91. The summed E-state index contributed by atoms with van der Waals surface area (Å²) in [6.45, 7) is 0. The van der Waals surface area contributed by atoms with Gasteiger partial charge in [-0.1, -0.05) is 0 Å². The summed E-state index contributed by atoms with van der Waals surface area (Å²) in [6, 6.07) is -0.466. The first-order valence-electron chi connectivity index (χ1n) is 5.41. The average Bonchev–Trinajstić information content (AvgIpc) is 2.58. The monoisotopic (exact) mass is 244 g/mol. The minimum absolute atomic E-state index is 0.0696. The molecule has 17 heavy (non-hydrogen) atoms. The largest absolute Gasteiger partial charge is 0.383 e. The van der Waals surface area contributed by atoms with Gasteiger partial charge in [0.2, 0.25) is 5.92 Å². The number of aromatic nitrogens is 2. The van der Waals surface area contributed by atoms with Crippen LogP contribution in [0.5, 0.6) is 0 Å². The number of amides is 1. The van der Waals surface area contributed by atoms with E-state index in [1.165, 1.54) is 10.9 Å². The van der Waals surface area contributed by atoms with Crippen molar-refractivity contribution >= 4 is 11.7 Å². The van der Waals surface area contributed by atoms with E-state index in [1.807, 2.05) is 0 Å². The van der Waals surface area contributed by atoms with Crippen LogP contribution in [0.2, 0.25) is 0 Å². The molecule has 0 bridgehead atoms. The zero-order valence-electron chi connectivity index (χ0n) is 9.20. The third-order valence-electron chi connectivity index (χ3n) is 3.06. The molecule has 0 saturated heterocycles. The summed E-state index contributed by atoms with van der Waals surface area (Å²) >= 11 is 0. The highest BCUT2D eigenvalue weighted by molar-refractivity contribution is 5.96. The number of hydrogen-bond acceptors (Lipinski definition) is 3. The van der Waals surface area contributed by atoms with Gasteiger partial charge in [0, 0.05) is 12.8 Å². The van der Waals surface area contributed by atoms with Gasteiger partial charge in [0.1, 0.15) is 11.4 Å². The Kier molecular flexibility index (Phi) is 2.76. The highest BCUT2D eigenvalue weighted by Gasteiger charge is 2.38. The fraction of sp³-hybridized carbons (Fsp3) is 0.600. The van der Waals surface area contributed by atoms with Gasteiger partial charge in [-0.25, -0.2) is 13.5 Å². The van der Waals surface area contributed by atoms with E-state index in [4.69, 9.17) is 11.5 Å². The summed E-state index contributed by atoms with van der Waals surface area (Å²) in [5.41, 5.74) is 10.9. The smallest absolute Gasteiger partial charge is 0.254 e. The van der Waals surface area contributed by atoms with Crippen LogP contribution in [0, 0.1) is 0 Å². The van der Waals surface area contributed by atoms with Gasteiger partial charge in [0.25, 0.3) is 5.91 Å². The molecule has 0 radical (unpaired) electrons. The summed E-state index contributed by atoms with van der Waals surface area (Å²) < 4.78 is 27.8. The van der Waals surface area contributed by atoms with E-state index >= 15 is 0 Å². The SMILES string of the molecule is NC(=O)c1cnn(C2CCCC(F)(F)C2)c1N.